The summed E-state index contributed by atoms with van der Waals surface area (Å²) in [5, 5.41) is 21.9. The predicted molar refractivity (Wildman–Crippen MR) is 76.7 cm³/mol. The number of piperidine rings is 1. The van der Waals surface area contributed by atoms with Crippen molar-refractivity contribution in [3.63, 3.8) is 0 Å². The molecule has 1 aliphatic heterocycles. The number of oxime groups is 1. The van der Waals surface area contributed by atoms with Crippen molar-refractivity contribution in [2.24, 2.45) is 10.9 Å². The average molecular weight is 293 g/mol. The van der Waals surface area contributed by atoms with Crippen LogP contribution in [0.4, 0.5) is 0 Å². The molecule has 0 saturated carbocycles. The molecule has 0 bridgehead atoms. The molecule has 114 valence electrons. The molecule has 0 aliphatic carbocycles. The van der Waals surface area contributed by atoms with E-state index >= 15 is 0 Å². The number of hydrogen-bond donors (Lipinski definition) is 3. The number of carbonyl (C=O) groups excluding carboxylic acids is 1. The second-order valence-electron chi connectivity index (χ2n) is 4.89. The van der Waals surface area contributed by atoms with E-state index in [0.29, 0.717) is 13.0 Å². The smallest absolute Gasteiger partial charge is 0.258 e. The number of hydrogen-bond acceptors (Lipinski definition) is 5. The summed E-state index contributed by atoms with van der Waals surface area (Å²) in [5.41, 5.74) is 5.81. The predicted octanol–water partition coefficient (Wildman–Crippen LogP) is 1.14. The van der Waals surface area contributed by atoms with Gasteiger partial charge in [0.1, 0.15) is 0 Å². The van der Waals surface area contributed by atoms with Gasteiger partial charge < -0.3 is 25.7 Å². The fourth-order valence-corrected chi connectivity index (χ4v) is 2.56. The molecule has 1 aromatic carbocycles. The molecule has 1 aliphatic rings. The monoisotopic (exact) mass is 293 g/mol. The number of ether oxygens (including phenoxy) is 1. The van der Waals surface area contributed by atoms with Crippen molar-refractivity contribution in [3.8, 4) is 11.5 Å². The van der Waals surface area contributed by atoms with Crippen molar-refractivity contribution < 1.29 is 19.8 Å². The number of aromatic hydroxyl groups is 1. The molecule has 0 radical (unpaired) electrons. The Morgan fingerprint density at radius 3 is 2.90 bits per heavy atom. The van der Waals surface area contributed by atoms with Crippen LogP contribution in [0.2, 0.25) is 0 Å². The minimum Gasteiger partial charge on any atom is -0.504 e. The van der Waals surface area contributed by atoms with Gasteiger partial charge in [0.15, 0.2) is 17.3 Å². The van der Waals surface area contributed by atoms with Crippen molar-refractivity contribution >= 4 is 11.7 Å². The van der Waals surface area contributed by atoms with E-state index < -0.39 is 6.04 Å². The Morgan fingerprint density at radius 2 is 2.24 bits per heavy atom. The molecule has 1 saturated heterocycles. The molecule has 4 N–H and O–H groups in total. The topological polar surface area (TPSA) is 108 Å². The number of nitrogens with zero attached hydrogens (tertiary/aromatic N) is 2. The highest BCUT2D eigenvalue weighted by molar-refractivity contribution is 6.00. The third kappa shape index (κ3) is 2.86. The van der Waals surface area contributed by atoms with Crippen molar-refractivity contribution in [2.45, 2.75) is 25.3 Å². The maximum Gasteiger partial charge on any atom is 0.258 e. The summed E-state index contributed by atoms with van der Waals surface area (Å²) in [6, 6.07) is 4.28. The Hall–Kier alpha value is -2.44. The summed E-state index contributed by atoms with van der Waals surface area (Å²) in [5.74, 6) is -0.319. The largest absolute Gasteiger partial charge is 0.504 e. The summed E-state index contributed by atoms with van der Waals surface area (Å²) in [4.78, 5) is 14.2. The maximum absolute atomic E-state index is 12.6. The molecule has 1 amide bonds. The molecule has 1 unspecified atom stereocenters. The van der Waals surface area contributed by atoms with Crippen molar-refractivity contribution in [3.05, 3.63) is 23.8 Å². The first kappa shape index (κ1) is 15.0. The standard InChI is InChI=1S/C14H19N3O4/c1-21-11-7-4-5-9(12(11)18)14(19)17-8-3-2-6-10(17)13(15)16-20/h4-5,7,10,18,20H,2-3,6,8H2,1H3,(H2,15,16). The molecule has 7 heteroatoms. The molecule has 0 spiro atoms. The minimum atomic E-state index is -0.457. The van der Waals surface area contributed by atoms with Gasteiger partial charge in [0.25, 0.3) is 5.91 Å². The molecule has 1 atom stereocenters. The van der Waals surface area contributed by atoms with E-state index in [1.807, 2.05) is 0 Å². The lowest BCUT2D eigenvalue weighted by Gasteiger charge is -2.35. The molecular formula is C14H19N3O4. The highest BCUT2D eigenvalue weighted by atomic mass is 16.5. The molecule has 0 aromatic heterocycles. The average Bonchev–Trinajstić information content (AvgIpc) is 2.53. The number of likely N-dealkylation sites (tertiary alicyclic amines) is 1. The highest BCUT2D eigenvalue weighted by Crippen LogP contribution is 2.31. The van der Waals surface area contributed by atoms with Gasteiger partial charge >= 0.3 is 0 Å². The highest BCUT2D eigenvalue weighted by Gasteiger charge is 2.32. The maximum atomic E-state index is 12.6. The number of methoxy groups -OCH3 is 1. The van der Waals surface area contributed by atoms with Gasteiger partial charge in [0.05, 0.1) is 18.7 Å². The van der Waals surface area contributed by atoms with Gasteiger partial charge in [0, 0.05) is 6.54 Å². The third-order valence-electron chi connectivity index (χ3n) is 3.67. The van der Waals surface area contributed by atoms with Gasteiger partial charge in [0.2, 0.25) is 0 Å². The summed E-state index contributed by atoms with van der Waals surface area (Å²) in [6.07, 6.45) is 2.37. The molecular weight excluding hydrogens is 274 g/mol. The Kier molecular flexibility index (Phi) is 4.52. The van der Waals surface area contributed by atoms with Crippen LogP contribution in [0.3, 0.4) is 0 Å². The number of para-hydroxylation sites is 1. The lowest BCUT2D eigenvalue weighted by molar-refractivity contribution is 0.0673. The number of carbonyl (C=O) groups is 1. The first-order valence-electron chi connectivity index (χ1n) is 6.74. The van der Waals surface area contributed by atoms with Crippen LogP contribution in [-0.4, -0.2) is 46.7 Å². The number of rotatable bonds is 3. The summed E-state index contributed by atoms with van der Waals surface area (Å²) in [6.45, 7) is 0.496. The Bertz CT molecular complexity index is 559. The van der Waals surface area contributed by atoms with E-state index in [4.69, 9.17) is 15.7 Å². The number of phenols is 1. The van der Waals surface area contributed by atoms with E-state index in [2.05, 4.69) is 5.16 Å². The van der Waals surface area contributed by atoms with Crippen molar-refractivity contribution in [1.82, 2.24) is 4.90 Å². The van der Waals surface area contributed by atoms with Crippen LogP contribution in [0.15, 0.2) is 23.4 Å². The first-order valence-corrected chi connectivity index (χ1v) is 6.74. The van der Waals surface area contributed by atoms with Crippen LogP contribution in [-0.2, 0) is 0 Å². The van der Waals surface area contributed by atoms with E-state index in [0.717, 1.165) is 12.8 Å². The molecule has 7 nitrogen and oxygen atoms in total. The van der Waals surface area contributed by atoms with Gasteiger partial charge in [-0.2, -0.15) is 0 Å². The van der Waals surface area contributed by atoms with Crippen LogP contribution < -0.4 is 10.5 Å². The van der Waals surface area contributed by atoms with Crippen LogP contribution >= 0.6 is 0 Å². The normalized spacial score (nSPS) is 19.4. The number of phenolic OH excluding ortho intramolecular Hbond substituents is 1. The van der Waals surface area contributed by atoms with Crippen LogP contribution in [0, 0.1) is 0 Å². The fourth-order valence-electron chi connectivity index (χ4n) is 2.56. The van der Waals surface area contributed by atoms with Gasteiger partial charge in [-0.05, 0) is 31.4 Å². The zero-order valence-electron chi connectivity index (χ0n) is 11.8. The fraction of sp³-hybridized carbons (Fsp3) is 0.429. The van der Waals surface area contributed by atoms with Crippen molar-refractivity contribution in [2.75, 3.05) is 13.7 Å². The van der Waals surface area contributed by atoms with Gasteiger partial charge in [-0.25, -0.2) is 0 Å². The van der Waals surface area contributed by atoms with E-state index in [1.54, 1.807) is 12.1 Å². The zero-order valence-corrected chi connectivity index (χ0v) is 11.8. The molecule has 21 heavy (non-hydrogen) atoms. The Balaban J connectivity index is 2.33. The van der Waals surface area contributed by atoms with Crippen molar-refractivity contribution in [1.29, 1.82) is 0 Å². The molecule has 1 fully saturated rings. The number of amidine groups is 1. The Labute approximate surface area is 122 Å². The van der Waals surface area contributed by atoms with Gasteiger partial charge in [-0.3, -0.25) is 4.79 Å². The minimum absolute atomic E-state index is 0.00503. The quantitative estimate of drug-likeness (QED) is 0.335. The van der Waals surface area contributed by atoms with Crippen LogP contribution in [0.25, 0.3) is 0 Å². The second kappa shape index (κ2) is 6.34. The lowest BCUT2D eigenvalue weighted by atomic mass is 9.99. The zero-order chi connectivity index (χ0) is 15.4. The number of amides is 1. The molecule has 1 aromatic rings. The third-order valence-corrected chi connectivity index (χ3v) is 3.67. The van der Waals surface area contributed by atoms with Gasteiger partial charge in [-0.1, -0.05) is 11.2 Å². The first-order chi connectivity index (χ1) is 10.1. The SMILES string of the molecule is COc1cccc(C(=O)N2CCCCC2C(N)=NO)c1O. The van der Waals surface area contributed by atoms with Crippen LogP contribution in [0.1, 0.15) is 29.6 Å². The summed E-state index contributed by atoms with van der Waals surface area (Å²) < 4.78 is 5.01. The van der Waals surface area contributed by atoms with Crippen LogP contribution in [0.5, 0.6) is 11.5 Å². The van der Waals surface area contributed by atoms with E-state index in [9.17, 15) is 9.90 Å². The van der Waals surface area contributed by atoms with Gasteiger partial charge in [-0.15, -0.1) is 0 Å². The molecule has 1 heterocycles. The molecule has 2 rings (SSSR count). The number of nitrogens with two attached hydrogens (primary N) is 1. The second-order valence-corrected chi connectivity index (χ2v) is 4.89. The lowest BCUT2D eigenvalue weighted by Crippen LogP contribution is -2.50. The Morgan fingerprint density at radius 1 is 1.48 bits per heavy atom. The number of benzene rings is 1. The van der Waals surface area contributed by atoms with E-state index in [1.165, 1.54) is 18.1 Å². The summed E-state index contributed by atoms with van der Waals surface area (Å²) in [7, 11) is 1.42. The van der Waals surface area contributed by atoms with E-state index in [-0.39, 0.29) is 28.8 Å². The summed E-state index contributed by atoms with van der Waals surface area (Å²) >= 11 is 0.